The second-order valence-electron chi connectivity index (χ2n) is 4.81. The number of hydrogen-bond donors (Lipinski definition) is 1. The highest BCUT2D eigenvalue weighted by molar-refractivity contribution is 5.67. The maximum absolute atomic E-state index is 10.6. The van der Waals surface area contributed by atoms with Gasteiger partial charge in [0, 0.05) is 18.3 Å². The molecule has 0 aliphatic carbocycles. The Bertz CT molecular complexity index is 615. The van der Waals surface area contributed by atoms with Crippen LogP contribution in [0.3, 0.4) is 0 Å². The lowest BCUT2D eigenvalue weighted by molar-refractivity contribution is -0.136. The molecule has 0 atom stereocenters. The number of benzene rings is 1. The number of carboxylic acids is 1. The molecule has 0 spiro atoms. The highest BCUT2D eigenvalue weighted by atomic mass is 16.4. The second kappa shape index (κ2) is 5.26. The van der Waals surface area contributed by atoms with Gasteiger partial charge in [-0.3, -0.25) is 4.79 Å². The summed E-state index contributed by atoms with van der Waals surface area (Å²) in [7, 11) is 0. The Kier molecular flexibility index (Phi) is 3.69. The van der Waals surface area contributed by atoms with E-state index in [1.807, 2.05) is 45.2 Å². The summed E-state index contributed by atoms with van der Waals surface area (Å²) in [6.07, 6.45) is 2.71. The quantitative estimate of drug-likeness (QED) is 0.917. The number of carboxylic acid groups (broad SMARTS) is 1. The minimum atomic E-state index is -0.767. The zero-order chi connectivity index (χ0) is 14.0. The molecule has 1 heterocycles. The van der Waals surface area contributed by atoms with Crippen molar-refractivity contribution in [1.82, 2.24) is 9.55 Å². The molecule has 100 valence electrons. The molecule has 1 N–H and O–H groups in total. The fourth-order valence-electron chi connectivity index (χ4n) is 2.18. The molecule has 4 heteroatoms. The van der Waals surface area contributed by atoms with E-state index in [1.165, 1.54) is 0 Å². The van der Waals surface area contributed by atoms with Gasteiger partial charge in [-0.2, -0.15) is 0 Å². The molecule has 1 aromatic heterocycles. The van der Waals surface area contributed by atoms with Gasteiger partial charge in [0.05, 0.1) is 5.69 Å². The van der Waals surface area contributed by atoms with Crippen molar-refractivity contribution in [3.8, 4) is 5.69 Å². The first-order chi connectivity index (χ1) is 8.97. The molecule has 0 amide bonds. The Morgan fingerprint density at radius 1 is 1.32 bits per heavy atom. The average Bonchev–Trinajstić information content (AvgIpc) is 2.67. The minimum absolute atomic E-state index is 0.157. The zero-order valence-corrected chi connectivity index (χ0v) is 11.5. The lowest BCUT2D eigenvalue weighted by Crippen LogP contribution is -2.02. The number of aromatic nitrogens is 2. The van der Waals surface area contributed by atoms with Crippen LogP contribution in [-0.4, -0.2) is 20.6 Å². The average molecular weight is 258 g/mol. The van der Waals surface area contributed by atoms with E-state index in [0.717, 1.165) is 28.3 Å². The number of nitrogens with zero attached hydrogens (tertiary/aromatic N) is 2. The number of aryl methyl sites for hydroxylation is 4. The molecular formula is C15H18N2O2. The predicted octanol–water partition coefficient (Wildman–Crippen LogP) is 2.81. The van der Waals surface area contributed by atoms with Crippen LogP contribution in [0, 0.1) is 20.8 Å². The minimum Gasteiger partial charge on any atom is -0.481 e. The summed E-state index contributed by atoms with van der Waals surface area (Å²) in [5.41, 5.74) is 4.24. The van der Waals surface area contributed by atoms with Gasteiger partial charge >= 0.3 is 5.97 Å². The zero-order valence-electron chi connectivity index (χ0n) is 11.5. The second-order valence-corrected chi connectivity index (χ2v) is 4.81. The van der Waals surface area contributed by atoms with Gasteiger partial charge in [-0.15, -0.1) is 0 Å². The largest absolute Gasteiger partial charge is 0.481 e. The summed E-state index contributed by atoms with van der Waals surface area (Å²) < 4.78 is 2.05. The first kappa shape index (κ1) is 13.3. The summed E-state index contributed by atoms with van der Waals surface area (Å²) >= 11 is 0. The smallest absolute Gasteiger partial charge is 0.303 e. The van der Waals surface area contributed by atoms with Crippen molar-refractivity contribution in [2.75, 3.05) is 0 Å². The van der Waals surface area contributed by atoms with Gasteiger partial charge in [-0.05, 0) is 44.4 Å². The predicted molar refractivity (Wildman–Crippen MR) is 73.7 cm³/mol. The SMILES string of the molecule is Cc1cn(-c2cc(CCC(=O)O)ccc2C)c(C)n1. The number of hydrogen-bond acceptors (Lipinski definition) is 2. The Morgan fingerprint density at radius 3 is 2.63 bits per heavy atom. The molecule has 2 rings (SSSR count). The molecule has 0 aliphatic rings. The van der Waals surface area contributed by atoms with Crippen LogP contribution in [0.1, 0.15) is 29.1 Å². The third-order valence-electron chi connectivity index (χ3n) is 3.16. The summed E-state index contributed by atoms with van der Waals surface area (Å²) in [4.78, 5) is 15.0. The molecule has 1 aromatic carbocycles. The van der Waals surface area contributed by atoms with E-state index in [-0.39, 0.29) is 6.42 Å². The van der Waals surface area contributed by atoms with Crippen LogP contribution < -0.4 is 0 Å². The van der Waals surface area contributed by atoms with E-state index in [1.54, 1.807) is 0 Å². The van der Waals surface area contributed by atoms with E-state index < -0.39 is 5.97 Å². The van der Waals surface area contributed by atoms with Crippen molar-refractivity contribution in [3.63, 3.8) is 0 Å². The van der Waals surface area contributed by atoms with E-state index in [4.69, 9.17) is 5.11 Å². The van der Waals surface area contributed by atoms with Crippen molar-refractivity contribution < 1.29 is 9.90 Å². The van der Waals surface area contributed by atoms with Crippen molar-refractivity contribution in [2.24, 2.45) is 0 Å². The van der Waals surface area contributed by atoms with Crippen LogP contribution in [-0.2, 0) is 11.2 Å². The van der Waals surface area contributed by atoms with Crippen molar-refractivity contribution in [3.05, 3.63) is 47.0 Å². The van der Waals surface area contributed by atoms with E-state index >= 15 is 0 Å². The molecule has 0 fully saturated rings. The normalized spacial score (nSPS) is 10.7. The highest BCUT2D eigenvalue weighted by Crippen LogP contribution is 2.19. The van der Waals surface area contributed by atoms with Crippen LogP contribution in [0.25, 0.3) is 5.69 Å². The molecule has 19 heavy (non-hydrogen) atoms. The van der Waals surface area contributed by atoms with Crippen LogP contribution in [0.2, 0.25) is 0 Å². The number of rotatable bonds is 4. The number of aliphatic carboxylic acids is 1. The van der Waals surface area contributed by atoms with Gasteiger partial charge < -0.3 is 9.67 Å². The summed E-state index contributed by atoms with van der Waals surface area (Å²) in [5, 5.41) is 8.75. The summed E-state index contributed by atoms with van der Waals surface area (Å²) in [5.74, 6) is 0.174. The standard InChI is InChI=1S/C15H18N2O2/c1-10-4-5-13(6-7-15(18)19)8-14(10)17-9-11(2)16-12(17)3/h4-5,8-9H,6-7H2,1-3H3,(H,18,19). The van der Waals surface area contributed by atoms with Crippen LogP contribution in [0.5, 0.6) is 0 Å². The van der Waals surface area contributed by atoms with Gasteiger partial charge in [0.15, 0.2) is 0 Å². The molecule has 0 radical (unpaired) electrons. The molecule has 0 saturated heterocycles. The van der Waals surface area contributed by atoms with Crippen LogP contribution >= 0.6 is 0 Å². The monoisotopic (exact) mass is 258 g/mol. The maximum Gasteiger partial charge on any atom is 0.303 e. The Labute approximate surface area is 112 Å². The maximum atomic E-state index is 10.6. The lowest BCUT2D eigenvalue weighted by Gasteiger charge is -2.11. The molecule has 0 bridgehead atoms. The van der Waals surface area contributed by atoms with Crippen LogP contribution in [0.4, 0.5) is 0 Å². The number of carbonyl (C=O) groups is 1. The van der Waals surface area contributed by atoms with Gasteiger partial charge in [0.25, 0.3) is 0 Å². The molecule has 4 nitrogen and oxygen atoms in total. The molecule has 0 aliphatic heterocycles. The summed E-state index contributed by atoms with van der Waals surface area (Å²) in [6.45, 7) is 5.98. The Hall–Kier alpha value is -2.10. The fourth-order valence-corrected chi connectivity index (χ4v) is 2.18. The molecular weight excluding hydrogens is 240 g/mol. The van der Waals surface area contributed by atoms with E-state index in [0.29, 0.717) is 6.42 Å². The third-order valence-corrected chi connectivity index (χ3v) is 3.16. The van der Waals surface area contributed by atoms with Gasteiger partial charge in [0.2, 0.25) is 0 Å². The lowest BCUT2D eigenvalue weighted by atomic mass is 10.1. The van der Waals surface area contributed by atoms with Crippen molar-refractivity contribution in [2.45, 2.75) is 33.6 Å². The third kappa shape index (κ3) is 3.02. The number of imidazole rings is 1. The van der Waals surface area contributed by atoms with Gasteiger partial charge in [-0.25, -0.2) is 4.98 Å². The van der Waals surface area contributed by atoms with Crippen LogP contribution in [0.15, 0.2) is 24.4 Å². The van der Waals surface area contributed by atoms with E-state index in [9.17, 15) is 4.79 Å². The van der Waals surface area contributed by atoms with Crippen molar-refractivity contribution in [1.29, 1.82) is 0 Å². The first-order valence-electron chi connectivity index (χ1n) is 6.31. The summed E-state index contributed by atoms with van der Waals surface area (Å²) in [6, 6.07) is 6.06. The Balaban J connectivity index is 2.37. The highest BCUT2D eigenvalue weighted by Gasteiger charge is 2.08. The topological polar surface area (TPSA) is 55.1 Å². The van der Waals surface area contributed by atoms with Crippen molar-refractivity contribution >= 4 is 5.97 Å². The van der Waals surface area contributed by atoms with Gasteiger partial charge in [0.1, 0.15) is 5.82 Å². The van der Waals surface area contributed by atoms with Gasteiger partial charge in [-0.1, -0.05) is 12.1 Å². The molecule has 2 aromatic rings. The fraction of sp³-hybridized carbons (Fsp3) is 0.333. The molecule has 0 saturated carbocycles. The van der Waals surface area contributed by atoms with E-state index in [2.05, 4.69) is 9.55 Å². The molecule has 0 unspecified atom stereocenters. The first-order valence-corrected chi connectivity index (χ1v) is 6.31. The Morgan fingerprint density at radius 2 is 2.05 bits per heavy atom.